The summed E-state index contributed by atoms with van der Waals surface area (Å²) in [5.74, 6) is -0.987. The Hall–Kier alpha value is -2.70. The van der Waals surface area contributed by atoms with Crippen LogP contribution in [0.1, 0.15) is 9.67 Å². The fourth-order valence-electron chi connectivity index (χ4n) is 2.75. The Morgan fingerprint density at radius 2 is 1.83 bits per heavy atom. The van der Waals surface area contributed by atoms with Crippen LogP contribution in [0.2, 0.25) is 0 Å². The highest BCUT2D eigenvalue weighted by Crippen LogP contribution is 2.39. The van der Waals surface area contributed by atoms with Crippen molar-refractivity contribution in [2.75, 3.05) is 0 Å². The Morgan fingerprint density at radius 1 is 1.04 bits per heavy atom. The molecule has 0 aliphatic carbocycles. The van der Waals surface area contributed by atoms with Gasteiger partial charge in [-0.2, -0.15) is 11.3 Å². The van der Waals surface area contributed by atoms with Crippen LogP contribution in [0.4, 0.5) is 0 Å². The number of hydrogen-bond acceptors (Lipinski definition) is 4. The Kier molecular flexibility index (Phi) is 3.55. The van der Waals surface area contributed by atoms with Gasteiger partial charge in [-0.15, -0.1) is 11.3 Å². The van der Waals surface area contributed by atoms with Crippen molar-refractivity contribution in [2.24, 2.45) is 0 Å². The lowest BCUT2D eigenvalue weighted by Crippen LogP contribution is -2.15. The van der Waals surface area contributed by atoms with E-state index in [2.05, 4.69) is 0 Å². The van der Waals surface area contributed by atoms with E-state index >= 15 is 0 Å². The Balaban J connectivity index is 2.14. The molecule has 4 aromatic rings. The number of benzene rings is 1. The molecule has 4 nitrogen and oxygen atoms in total. The minimum absolute atomic E-state index is 0.168. The van der Waals surface area contributed by atoms with E-state index in [-0.39, 0.29) is 10.4 Å². The normalized spacial score (nSPS) is 11.0. The molecule has 6 heteroatoms. The molecule has 0 aliphatic heterocycles. The van der Waals surface area contributed by atoms with E-state index in [1.165, 1.54) is 17.4 Å². The summed E-state index contributed by atoms with van der Waals surface area (Å²) in [6, 6.07) is 14.5. The first-order valence-electron chi connectivity index (χ1n) is 7.16. The molecule has 0 radical (unpaired) electrons. The zero-order chi connectivity index (χ0) is 16.7. The number of thiophene rings is 2. The molecule has 4 rings (SSSR count). The Morgan fingerprint density at radius 3 is 2.50 bits per heavy atom. The van der Waals surface area contributed by atoms with E-state index in [0.717, 1.165) is 28.0 Å². The van der Waals surface area contributed by atoms with Crippen LogP contribution in [0, 0.1) is 0 Å². The van der Waals surface area contributed by atoms with Gasteiger partial charge in [0.2, 0.25) is 0 Å². The molecule has 0 saturated carbocycles. The SMILES string of the molecule is O=C(O)c1sc2c(ccc(=O)n2-c2ccsc2)c1-c1ccccc1. The monoisotopic (exact) mass is 353 g/mol. The van der Waals surface area contributed by atoms with Crippen LogP contribution in [0.5, 0.6) is 0 Å². The van der Waals surface area contributed by atoms with Gasteiger partial charge >= 0.3 is 5.97 Å². The van der Waals surface area contributed by atoms with Gasteiger partial charge in [0.25, 0.3) is 5.56 Å². The van der Waals surface area contributed by atoms with Crippen molar-refractivity contribution in [2.45, 2.75) is 0 Å². The molecule has 1 N–H and O–H groups in total. The fourth-order valence-corrected chi connectivity index (χ4v) is 4.55. The number of aromatic carboxylic acids is 1. The molecule has 0 amide bonds. The van der Waals surface area contributed by atoms with E-state index < -0.39 is 5.97 Å². The molecule has 24 heavy (non-hydrogen) atoms. The van der Waals surface area contributed by atoms with E-state index in [0.29, 0.717) is 10.4 Å². The summed E-state index contributed by atoms with van der Waals surface area (Å²) in [5, 5.41) is 14.2. The molecule has 118 valence electrons. The molecule has 1 aromatic carbocycles. The number of pyridine rings is 1. The van der Waals surface area contributed by atoms with Crippen LogP contribution < -0.4 is 5.56 Å². The van der Waals surface area contributed by atoms with Crippen molar-refractivity contribution >= 4 is 38.9 Å². The van der Waals surface area contributed by atoms with Gasteiger partial charge in [0, 0.05) is 22.4 Å². The highest BCUT2D eigenvalue weighted by Gasteiger charge is 2.21. The second-order valence-electron chi connectivity index (χ2n) is 5.18. The molecule has 0 saturated heterocycles. The summed E-state index contributed by atoms with van der Waals surface area (Å²) >= 11 is 2.63. The van der Waals surface area contributed by atoms with Gasteiger partial charge in [-0.05, 0) is 23.1 Å². The topological polar surface area (TPSA) is 59.3 Å². The number of hydrogen-bond donors (Lipinski definition) is 1. The van der Waals surface area contributed by atoms with E-state index in [4.69, 9.17) is 0 Å². The molecular formula is C18H11NO3S2. The van der Waals surface area contributed by atoms with Crippen LogP contribution >= 0.6 is 22.7 Å². The Labute approximate surface area is 144 Å². The van der Waals surface area contributed by atoms with Crippen LogP contribution in [0.15, 0.2) is 64.1 Å². The molecule has 0 fully saturated rings. The van der Waals surface area contributed by atoms with E-state index in [1.807, 2.05) is 47.2 Å². The molecule has 3 heterocycles. The van der Waals surface area contributed by atoms with Crippen molar-refractivity contribution in [1.29, 1.82) is 0 Å². The molecule has 0 spiro atoms. The second-order valence-corrected chi connectivity index (χ2v) is 6.96. The smallest absolute Gasteiger partial charge is 0.346 e. The highest BCUT2D eigenvalue weighted by atomic mass is 32.1. The Bertz CT molecular complexity index is 1090. The van der Waals surface area contributed by atoms with Crippen LogP contribution in [0.3, 0.4) is 0 Å². The van der Waals surface area contributed by atoms with Gasteiger partial charge in [-0.1, -0.05) is 30.3 Å². The number of nitrogens with zero attached hydrogens (tertiary/aromatic N) is 1. The quantitative estimate of drug-likeness (QED) is 0.591. The number of fused-ring (bicyclic) bond motifs is 1. The maximum absolute atomic E-state index is 12.4. The van der Waals surface area contributed by atoms with Gasteiger partial charge in [0.15, 0.2) is 0 Å². The average Bonchev–Trinajstić information content (AvgIpc) is 3.23. The highest BCUT2D eigenvalue weighted by molar-refractivity contribution is 7.21. The van der Waals surface area contributed by atoms with Gasteiger partial charge in [0.05, 0.1) is 5.69 Å². The summed E-state index contributed by atoms with van der Waals surface area (Å²) in [7, 11) is 0. The van der Waals surface area contributed by atoms with Crippen molar-refractivity contribution in [3.63, 3.8) is 0 Å². The summed E-state index contributed by atoms with van der Waals surface area (Å²) in [6.45, 7) is 0. The van der Waals surface area contributed by atoms with Gasteiger partial charge in [0.1, 0.15) is 9.71 Å². The molecule has 3 aromatic heterocycles. The second kappa shape index (κ2) is 5.74. The predicted octanol–water partition coefficient (Wildman–Crippen LogP) is 4.48. The van der Waals surface area contributed by atoms with Gasteiger partial charge < -0.3 is 5.11 Å². The first-order chi connectivity index (χ1) is 11.7. The zero-order valence-electron chi connectivity index (χ0n) is 12.3. The van der Waals surface area contributed by atoms with Gasteiger partial charge in [-0.25, -0.2) is 4.79 Å². The third-order valence-electron chi connectivity index (χ3n) is 3.76. The van der Waals surface area contributed by atoms with Crippen molar-refractivity contribution in [3.8, 4) is 16.8 Å². The third-order valence-corrected chi connectivity index (χ3v) is 5.61. The van der Waals surface area contributed by atoms with Crippen LogP contribution in [0.25, 0.3) is 27.0 Å². The number of carbonyl (C=O) groups is 1. The third kappa shape index (κ3) is 2.28. The van der Waals surface area contributed by atoms with Crippen molar-refractivity contribution in [3.05, 3.63) is 74.5 Å². The van der Waals surface area contributed by atoms with Crippen molar-refractivity contribution < 1.29 is 9.90 Å². The maximum Gasteiger partial charge on any atom is 0.346 e. The largest absolute Gasteiger partial charge is 0.477 e. The van der Waals surface area contributed by atoms with E-state index in [1.54, 1.807) is 10.6 Å². The maximum atomic E-state index is 12.4. The number of aromatic nitrogens is 1. The standard InChI is InChI=1S/C18H11NO3S2/c20-14-7-6-13-15(11-4-2-1-3-5-11)16(18(21)22)24-17(13)19(14)12-8-9-23-10-12/h1-10H,(H,21,22). The van der Waals surface area contributed by atoms with Crippen LogP contribution in [-0.4, -0.2) is 15.6 Å². The fraction of sp³-hybridized carbons (Fsp3) is 0. The lowest BCUT2D eigenvalue weighted by molar-refractivity contribution is 0.0703. The minimum atomic E-state index is -0.987. The number of rotatable bonds is 3. The first-order valence-corrected chi connectivity index (χ1v) is 8.92. The molecule has 0 unspecified atom stereocenters. The minimum Gasteiger partial charge on any atom is -0.477 e. The number of carboxylic acid groups (broad SMARTS) is 1. The summed E-state index contributed by atoms with van der Waals surface area (Å²) in [5.41, 5.74) is 2.08. The van der Waals surface area contributed by atoms with Gasteiger partial charge in [-0.3, -0.25) is 9.36 Å². The molecule has 0 bridgehead atoms. The van der Waals surface area contributed by atoms with E-state index in [9.17, 15) is 14.7 Å². The van der Waals surface area contributed by atoms with Crippen LogP contribution in [-0.2, 0) is 0 Å². The molecule has 0 aliphatic rings. The summed E-state index contributed by atoms with van der Waals surface area (Å²) < 4.78 is 1.58. The molecule has 0 atom stereocenters. The first kappa shape index (κ1) is 14.9. The van der Waals surface area contributed by atoms with Crippen molar-refractivity contribution in [1.82, 2.24) is 4.57 Å². The summed E-state index contributed by atoms with van der Waals surface area (Å²) in [6.07, 6.45) is 0. The zero-order valence-corrected chi connectivity index (χ0v) is 13.9. The lowest BCUT2D eigenvalue weighted by Gasteiger charge is -2.05. The molecular weight excluding hydrogens is 342 g/mol. The number of carboxylic acids is 1. The average molecular weight is 353 g/mol. The predicted molar refractivity (Wildman–Crippen MR) is 97.7 cm³/mol. The summed E-state index contributed by atoms with van der Waals surface area (Å²) in [4.78, 5) is 25.0. The lowest BCUT2D eigenvalue weighted by atomic mass is 10.0.